The number of carbonyl (C=O) groups is 1. The molecule has 1 aliphatic heterocycles. The summed E-state index contributed by atoms with van der Waals surface area (Å²) in [6.45, 7) is 6.27. The number of anilines is 1. The molecular formula is C24H31FN2O. The Morgan fingerprint density at radius 3 is 2.36 bits per heavy atom. The lowest BCUT2D eigenvalue weighted by Crippen LogP contribution is -2.50. The van der Waals surface area contributed by atoms with Gasteiger partial charge in [-0.1, -0.05) is 37.3 Å². The molecular weight excluding hydrogens is 351 g/mol. The van der Waals surface area contributed by atoms with Crippen molar-refractivity contribution in [2.75, 3.05) is 18.0 Å². The van der Waals surface area contributed by atoms with Crippen LogP contribution in [0.1, 0.15) is 45.1 Å². The molecule has 1 saturated heterocycles. The summed E-state index contributed by atoms with van der Waals surface area (Å²) in [6, 6.07) is 17.6. The molecule has 3 nitrogen and oxygen atoms in total. The highest BCUT2D eigenvalue weighted by atomic mass is 19.1. The molecule has 0 spiro atoms. The molecule has 4 heteroatoms. The molecule has 150 valence electrons. The molecule has 3 rings (SSSR count). The topological polar surface area (TPSA) is 23.6 Å². The van der Waals surface area contributed by atoms with Crippen LogP contribution in [0.25, 0.3) is 0 Å². The van der Waals surface area contributed by atoms with Crippen molar-refractivity contribution in [1.82, 2.24) is 4.90 Å². The van der Waals surface area contributed by atoms with Crippen LogP contribution in [0.3, 0.4) is 0 Å². The minimum atomic E-state index is -0.267. The number of carbonyl (C=O) groups excluding carboxylic acids is 1. The van der Waals surface area contributed by atoms with Crippen LogP contribution in [0, 0.1) is 5.82 Å². The van der Waals surface area contributed by atoms with Gasteiger partial charge in [0.25, 0.3) is 0 Å². The molecule has 0 radical (unpaired) electrons. The van der Waals surface area contributed by atoms with Gasteiger partial charge < -0.3 is 9.80 Å². The van der Waals surface area contributed by atoms with Crippen LogP contribution >= 0.6 is 0 Å². The van der Waals surface area contributed by atoms with Crippen LogP contribution in [-0.2, 0) is 11.2 Å². The van der Waals surface area contributed by atoms with E-state index in [1.807, 2.05) is 11.8 Å². The molecule has 0 aromatic heterocycles. The molecule has 2 aromatic carbocycles. The van der Waals surface area contributed by atoms with Crippen molar-refractivity contribution >= 4 is 11.6 Å². The lowest BCUT2D eigenvalue weighted by molar-refractivity contribution is -0.119. The Labute approximate surface area is 168 Å². The third-order valence-electron chi connectivity index (χ3n) is 5.70. The number of halogens is 1. The first-order chi connectivity index (χ1) is 13.6. The van der Waals surface area contributed by atoms with E-state index >= 15 is 0 Å². The van der Waals surface area contributed by atoms with Gasteiger partial charge in [-0.3, -0.25) is 4.79 Å². The van der Waals surface area contributed by atoms with E-state index in [4.69, 9.17) is 0 Å². The van der Waals surface area contributed by atoms with Gasteiger partial charge in [0, 0.05) is 37.3 Å². The first kappa shape index (κ1) is 20.5. The van der Waals surface area contributed by atoms with E-state index in [-0.39, 0.29) is 17.8 Å². The van der Waals surface area contributed by atoms with Crippen molar-refractivity contribution in [2.24, 2.45) is 0 Å². The molecule has 1 fully saturated rings. The second kappa shape index (κ2) is 9.83. The fraction of sp³-hybridized carbons (Fsp3) is 0.458. The second-order valence-corrected chi connectivity index (χ2v) is 7.80. The summed E-state index contributed by atoms with van der Waals surface area (Å²) in [5.74, 6) is -0.124. The fourth-order valence-corrected chi connectivity index (χ4v) is 4.16. The predicted octanol–water partition coefficient (Wildman–Crippen LogP) is 5.05. The average molecular weight is 383 g/mol. The minimum absolute atomic E-state index is 0.143. The maximum absolute atomic E-state index is 13.4. The molecule has 0 N–H and O–H groups in total. The summed E-state index contributed by atoms with van der Waals surface area (Å²) < 4.78 is 13.4. The first-order valence-corrected chi connectivity index (χ1v) is 10.4. The Morgan fingerprint density at radius 1 is 1.11 bits per heavy atom. The van der Waals surface area contributed by atoms with E-state index in [1.54, 1.807) is 12.1 Å². The molecule has 1 atom stereocenters. The predicted molar refractivity (Wildman–Crippen MR) is 113 cm³/mol. The smallest absolute Gasteiger partial charge is 0.227 e. The number of rotatable bonds is 7. The quantitative estimate of drug-likeness (QED) is 0.669. The standard InChI is InChI=1S/C24H31FN2O/c1-3-7-24(28)27(22-12-10-21(25)11-13-22)23-14-16-26(17-15-23)19(2)18-20-8-5-4-6-9-20/h4-6,8-13,19,23H,3,7,14-18H2,1-2H3. The van der Waals surface area contributed by atoms with Gasteiger partial charge in [-0.25, -0.2) is 4.39 Å². The van der Waals surface area contributed by atoms with Crippen LogP contribution < -0.4 is 4.90 Å². The Morgan fingerprint density at radius 2 is 1.75 bits per heavy atom. The molecule has 0 saturated carbocycles. The molecule has 1 unspecified atom stereocenters. The number of hydrogen-bond donors (Lipinski definition) is 0. The number of nitrogens with zero attached hydrogens (tertiary/aromatic N) is 2. The number of hydrogen-bond acceptors (Lipinski definition) is 2. The van der Waals surface area contributed by atoms with Gasteiger partial charge in [0.1, 0.15) is 5.82 Å². The molecule has 0 aliphatic carbocycles. The lowest BCUT2D eigenvalue weighted by Gasteiger charge is -2.41. The maximum atomic E-state index is 13.4. The van der Waals surface area contributed by atoms with Gasteiger partial charge in [0.15, 0.2) is 0 Å². The Balaban J connectivity index is 1.64. The van der Waals surface area contributed by atoms with E-state index in [0.717, 1.165) is 44.5 Å². The number of likely N-dealkylation sites (tertiary alicyclic amines) is 1. The van der Waals surface area contributed by atoms with Crippen molar-refractivity contribution in [2.45, 2.75) is 58.0 Å². The summed E-state index contributed by atoms with van der Waals surface area (Å²) in [7, 11) is 0. The van der Waals surface area contributed by atoms with Crippen molar-refractivity contribution in [3.8, 4) is 0 Å². The Kier molecular flexibility index (Phi) is 7.21. The zero-order valence-electron chi connectivity index (χ0n) is 17.0. The fourth-order valence-electron chi connectivity index (χ4n) is 4.16. The molecule has 28 heavy (non-hydrogen) atoms. The van der Waals surface area contributed by atoms with Gasteiger partial charge in [-0.15, -0.1) is 0 Å². The molecule has 0 bridgehead atoms. The van der Waals surface area contributed by atoms with Gasteiger partial charge in [-0.2, -0.15) is 0 Å². The van der Waals surface area contributed by atoms with E-state index < -0.39 is 0 Å². The van der Waals surface area contributed by atoms with Crippen LogP contribution in [0.15, 0.2) is 54.6 Å². The maximum Gasteiger partial charge on any atom is 0.227 e. The number of piperidine rings is 1. The summed E-state index contributed by atoms with van der Waals surface area (Å²) in [6.07, 6.45) is 4.30. The summed E-state index contributed by atoms with van der Waals surface area (Å²) in [4.78, 5) is 17.2. The van der Waals surface area contributed by atoms with Gasteiger partial charge in [0.05, 0.1) is 0 Å². The number of amides is 1. The van der Waals surface area contributed by atoms with E-state index in [2.05, 4.69) is 42.2 Å². The van der Waals surface area contributed by atoms with E-state index in [0.29, 0.717) is 12.5 Å². The molecule has 1 amide bonds. The summed E-state index contributed by atoms with van der Waals surface area (Å²) in [5.41, 5.74) is 2.18. The van der Waals surface area contributed by atoms with Gasteiger partial charge in [-0.05, 0) is 62.4 Å². The number of benzene rings is 2. The highest BCUT2D eigenvalue weighted by Gasteiger charge is 2.30. The Hall–Kier alpha value is -2.20. The Bertz CT molecular complexity index is 739. The van der Waals surface area contributed by atoms with Crippen LogP contribution in [0.5, 0.6) is 0 Å². The van der Waals surface area contributed by atoms with Crippen molar-refractivity contribution in [3.05, 3.63) is 66.0 Å². The highest BCUT2D eigenvalue weighted by molar-refractivity contribution is 5.93. The van der Waals surface area contributed by atoms with Crippen LogP contribution in [0.2, 0.25) is 0 Å². The minimum Gasteiger partial charge on any atom is -0.309 e. The highest BCUT2D eigenvalue weighted by Crippen LogP contribution is 2.26. The van der Waals surface area contributed by atoms with E-state index in [9.17, 15) is 9.18 Å². The van der Waals surface area contributed by atoms with Crippen molar-refractivity contribution in [1.29, 1.82) is 0 Å². The van der Waals surface area contributed by atoms with Gasteiger partial charge >= 0.3 is 0 Å². The van der Waals surface area contributed by atoms with Gasteiger partial charge in [0.2, 0.25) is 5.91 Å². The zero-order valence-corrected chi connectivity index (χ0v) is 17.0. The van der Waals surface area contributed by atoms with Crippen LogP contribution in [-0.4, -0.2) is 36.0 Å². The largest absolute Gasteiger partial charge is 0.309 e. The normalized spacial score (nSPS) is 16.7. The lowest BCUT2D eigenvalue weighted by atomic mass is 9.98. The zero-order chi connectivity index (χ0) is 19.9. The molecule has 2 aromatic rings. The van der Waals surface area contributed by atoms with Crippen LogP contribution in [0.4, 0.5) is 10.1 Å². The molecule has 1 heterocycles. The monoisotopic (exact) mass is 382 g/mol. The second-order valence-electron chi connectivity index (χ2n) is 7.80. The molecule has 1 aliphatic rings. The third-order valence-corrected chi connectivity index (χ3v) is 5.70. The first-order valence-electron chi connectivity index (χ1n) is 10.4. The summed E-state index contributed by atoms with van der Waals surface area (Å²) in [5, 5.41) is 0. The SMILES string of the molecule is CCCC(=O)N(c1ccc(F)cc1)C1CCN(C(C)Cc2ccccc2)CC1. The third kappa shape index (κ3) is 5.20. The summed E-state index contributed by atoms with van der Waals surface area (Å²) >= 11 is 0. The van der Waals surface area contributed by atoms with E-state index in [1.165, 1.54) is 17.7 Å². The van der Waals surface area contributed by atoms with Crippen molar-refractivity contribution < 1.29 is 9.18 Å². The van der Waals surface area contributed by atoms with Crippen molar-refractivity contribution in [3.63, 3.8) is 0 Å². The average Bonchev–Trinajstić information content (AvgIpc) is 2.71.